The molecule has 4 nitrogen and oxygen atoms in total. The molecule has 0 amide bonds. The molecule has 80 valence electrons. The number of hydrogen-bond acceptors (Lipinski definition) is 4. The molecule has 0 saturated carbocycles. The Balaban J connectivity index is 2.78. The molecule has 0 aromatic carbocycles. The minimum Gasteiger partial charge on any atom is -0.466 e. The highest BCUT2D eigenvalue weighted by molar-refractivity contribution is 6.11. The van der Waals surface area contributed by atoms with Gasteiger partial charge in [0.2, 0.25) is 0 Å². The lowest BCUT2D eigenvalue weighted by Crippen LogP contribution is -2.08. The minimum absolute atomic E-state index is 0.0904. The maximum absolute atomic E-state index is 11.4. The molecule has 0 spiro atoms. The van der Waals surface area contributed by atoms with Crippen molar-refractivity contribution in [2.45, 2.75) is 13.8 Å². The lowest BCUT2D eigenvalue weighted by molar-refractivity contribution is -0.138. The van der Waals surface area contributed by atoms with E-state index in [4.69, 9.17) is 11.2 Å². The standard InChI is InChI=1S/C11H12O4/c1-5-6-15-10(13)8-7(9(12)14-4)11(8,2)3/h1H,6H2,2-4H3. The number of carbonyl (C=O) groups is 2. The van der Waals surface area contributed by atoms with Crippen LogP contribution in [0.1, 0.15) is 13.8 Å². The van der Waals surface area contributed by atoms with Crippen LogP contribution in [0.4, 0.5) is 0 Å². The number of terminal acetylenes is 1. The quantitative estimate of drug-likeness (QED) is 0.505. The molecule has 0 bridgehead atoms. The van der Waals surface area contributed by atoms with Gasteiger partial charge < -0.3 is 9.47 Å². The van der Waals surface area contributed by atoms with Crippen molar-refractivity contribution in [1.82, 2.24) is 0 Å². The lowest BCUT2D eigenvalue weighted by Gasteiger charge is -2.03. The van der Waals surface area contributed by atoms with Crippen LogP contribution >= 0.6 is 0 Å². The second-order valence-electron chi connectivity index (χ2n) is 3.65. The van der Waals surface area contributed by atoms with Gasteiger partial charge in [-0.2, -0.15) is 0 Å². The van der Waals surface area contributed by atoms with Crippen LogP contribution in [-0.4, -0.2) is 25.7 Å². The van der Waals surface area contributed by atoms with Gasteiger partial charge in [0.05, 0.1) is 18.3 Å². The Morgan fingerprint density at radius 2 is 1.87 bits per heavy atom. The molecule has 0 heterocycles. The van der Waals surface area contributed by atoms with Gasteiger partial charge >= 0.3 is 11.9 Å². The van der Waals surface area contributed by atoms with E-state index in [9.17, 15) is 9.59 Å². The van der Waals surface area contributed by atoms with Crippen LogP contribution in [0.3, 0.4) is 0 Å². The third kappa shape index (κ3) is 1.86. The van der Waals surface area contributed by atoms with Crippen molar-refractivity contribution in [3.8, 4) is 12.3 Å². The van der Waals surface area contributed by atoms with E-state index in [0.717, 1.165) is 0 Å². The Hall–Kier alpha value is -1.76. The molecule has 0 N–H and O–H groups in total. The lowest BCUT2D eigenvalue weighted by atomic mass is 10.0. The smallest absolute Gasteiger partial charge is 0.336 e. The maximum Gasteiger partial charge on any atom is 0.336 e. The Kier molecular flexibility index (Phi) is 2.85. The number of esters is 2. The van der Waals surface area contributed by atoms with Crippen LogP contribution in [0, 0.1) is 17.8 Å². The van der Waals surface area contributed by atoms with E-state index in [0.29, 0.717) is 11.1 Å². The number of ether oxygens (including phenoxy) is 2. The first kappa shape index (κ1) is 11.3. The van der Waals surface area contributed by atoms with Crippen molar-refractivity contribution in [1.29, 1.82) is 0 Å². The summed E-state index contributed by atoms with van der Waals surface area (Å²) in [6, 6.07) is 0. The van der Waals surface area contributed by atoms with Crippen LogP contribution in [0.25, 0.3) is 0 Å². The number of hydrogen-bond donors (Lipinski definition) is 0. The molecule has 0 aliphatic heterocycles. The predicted molar refractivity (Wildman–Crippen MR) is 52.6 cm³/mol. The van der Waals surface area contributed by atoms with Crippen molar-refractivity contribution >= 4 is 11.9 Å². The summed E-state index contributed by atoms with van der Waals surface area (Å²) in [6.07, 6.45) is 4.95. The fourth-order valence-corrected chi connectivity index (χ4v) is 1.46. The second-order valence-corrected chi connectivity index (χ2v) is 3.65. The molecule has 0 saturated heterocycles. The van der Waals surface area contributed by atoms with E-state index in [1.165, 1.54) is 7.11 Å². The summed E-state index contributed by atoms with van der Waals surface area (Å²) in [5.74, 6) is 1.15. The topological polar surface area (TPSA) is 52.6 Å². The summed E-state index contributed by atoms with van der Waals surface area (Å²) in [5, 5.41) is 0. The molecule has 1 aliphatic carbocycles. The van der Waals surface area contributed by atoms with Crippen LogP contribution in [-0.2, 0) is 19.1 Å². The second kappa shape index (κ2) is 3.77. The molecule has 0 radical (unpaired) electrons. The zero-order valence-electron chi connectivity index (χ0n) is 8.92. The molecule has 15 heavy (non-hydrogen) atoms. The molecule has 0 unspecified atom stereocenters. The van der Waals surface area contributed by atoms with Gasteiger partial charge in [-0.25, -0.2) is 9.59 Å². The largest absolute Gasteiger partial charge is 0.466 e. The van der Waals surface area contributed by atoms with Gasteiger partial charge in [-0.05, 0) is 0 Å². The zero-order valence-corrected chi connectivity index (χ0v) is 8.92. The number of carbonyl (C=O) groups excluding carboxylic acids is 2. The molecule has 0 aromatic rings. The van der Waals surface area contributed by atoms with Crippen LogP contribution < -0.4 is 0 Å². The van der Waals surface area contributed by atoms with Gasteiger partial charge in [0, 0.05) is 5.41 Å². The predicted octanol–water partition coefficient (Wildman–Crippen LogP) is 0.672. The van der Waals surface area contributed by atoms with E-state index >= 15 is 0 Å². The van der Waals surface area contributed by atoms with E-state index < -0.39 is 17.4 Å². The molecule has 0 fully saturated rings. The molecule has 0 aromatic heterocycles. The maximum atomic E-state index is 11.4. The van der Waals surface area contributed by atoms with Gasteiger partial charge in [-0.1, -0.05) is 19.8 Å². The van der Waals surface area contributed by atoms with E-state index in [-0.39, 0.29) is 6.61 Å². The summed E-state index contributed by atoms with van der Waals surface area (Å²) in [4.78, 5) is 22.7. The first-order valence-electron chi connectivity index (χ1n) is 4.41. The van der Waals surface area contributed by atoms with Crippen molar-refractivity contribution in [2.75, 3.05) is 13.7 Å². The summed E-state index contributed by atoms with van der Waals surface area (Å²) in [5.41, 5.74) is 0.162. The van der Waals surface area contributed by atoms with Gasteiger partial charge in [0.25, 0.3) is 0 Å². The molecule has 4 heteroatoms. The third-order valence-electron chi connectivity index (χ3n) is 2.32. The number of rotatable bonds is 3. The van der Waals surface area contributed by atoms with E-state index in [2.05, 4.69) is 10.7 Å². The zero-order chi connectivity index (χ0) is 11.6. The fraction of sp³-hybridized carbons (Fsp3) is 0.455. The monoisotopic (exact) mass is 208 g/mol. The Morgan fingerprint density at radius 1 is 1.33 bits per heavy atom. The Morgan fingerprint density at radius 3 is 2.33 bits per heavy atom. The Bertz CT molecular complexity index is 382. The van der Waals surface area contributed by atoms with Crippen molar-refractivity contribution in [3.63, 3.8) is 0 Å². The average molecular weight is 208 g/mol. The van der Waals surface area contributed by atoms with E-state index in [1.807, 2.05) is 0 Å². The SMILES string of the molecule is C#CCOC(=O)C1=C(C(=O)OC)C1(C)C. The molecular formula is C11H12O4. The van der Waals surface area contributed by atoms with Crippen molar-refractivity contribution in [2.24, 2.45) is 5.41 Å². The van der Waals surface area contributed by atoms with Gasteiger partial charge in [0.1, 0.15) is 0 Å². The van der Waals surface area contributed by atoms with Crippen molar-refractivity contribution in [3.05, 3.63) is 11.1 Å². The molecule has 1 rings (SSSR count). The fourth-order valence-electron chi connectivity index (χ4n) is 1.46. The summed E-state index contributed by atoms with van der Waals surface area (Å²) < 4.78 is 9.28. The average Bonchev–Trinajstić information content (AvgIpc) is 2.77. The van der Waals surface area contributed by atoms with Crippen LogP contribution in [0.5, 0.6) is 0 Å². The first-order valence-corrected chi connectivity index (χ1v) is 4.41. The third-order valence-corrected chi connectivity index (χ3v) is 2.32. The Labute approximate surface area is 88.2 Å². The summed E-state index contributed by atoms with van der Waals surface area (Å²) in [7, 11) is 1.27. The molecule has 0 atom stereocenters. The summed E-state index contributed by atoms with van der Waals surface area (Å²) >= 11 is 0. The van der Waals surface area contributed by atoms with Gasteiger partial charge in [0.15, 0.2) is 6.61 Å². The highest BCUT2D eigenvalue weighted by Crippen LogP contribution is 2.52. The number of methoxy groups -OCH3 is 1. The minimum atomic E-state index is -0.557. The first-order chi connectivity index (χ1) is 6.96. The van der Waals surface area contributed by atoms with E-state index in [1.54, 1.807) is 13.8 Å². The molecular weight excluding hydrogens is 196 g/mol. The highest BCUT2D eigenvalue weighted by Gasteiger charge is 2.54. The van der Waals surface area contributed by atoms with Gasteiger partial charge in [-0.3, -0.25) is 0 Å². The van der Waals surface area contributed by atoms with Crippen LogP contribution in [0.15, 0.2) is 11.1 Å². The summed E-state index contributed by atoms with van der Waals surface area (Å²) in [6.45, 7) is 3.42. The molecule has 1 aliphatic rings. The van der Waals surface area contributed by atoms with Crippen molar-refractivity contribution < 1.29 is 19.1 Å². The highest BCUT2D eigenvalue weighted by atomic mass is 16.5. The van der Waals surface area contributed by atoms with Crippen LogP contribution in [0.2, 0.25) is 0 Å². The van der Waals surface area contributed by atoms with Gasteiger partial charge in [-0.15, -0.1) is 6.42 Å². The normalized spacial score (nSPS) is 16.7.